The molecule has 1 aliphatic heterocycles. The summed E-state index contributed by atoms with van der Waals surface area (Å²) in [5.74, 6) is 1.59. The smallest absolute Gasteiger partial charge is 0.164 e. The number of benzene rings is 1. The number of aryl methyl sites for hydroxylation is 1. The molecule has 0 spiro atoms. The maximum Gasteiger partial charge on any atom is 0.164 e. The molecule has 1 N–H and O–H groups in total. The predicted octanol–water partition coefficient (Wildman–Crippen LogP) is 2.81. The minimum atomic E-state index is 0.457. The average molecular weight is 278 g/mol. The number of fused-ring (bicyclic) bond motifs is 1. The number of imidazole rings is 1. The van der Waals surface area contributed by atoms with Crippen molar-refractivity contribution in [2.75, 3.05) is 13.1 Å². The normalized spacial score (nSPS) is 18.4. The van der Waals surface area contributed by atoms with Crippen LogP contribution in [-0.4, -0.2) is 27.6 Å². The second kappa shape index (κ2) is 4.97. The summed E-state index contributed by atoms with van der Waals surface area (Å²) in [6, 6.07) is 12.4. The Labute approximate surface area is 123 Å². The number of nitrogens with one attached hydrogen (secondary N) is 1. The van der Waals surface area contributed by atoms with E-state index in [-0.39, 0.29) is 0 Å². The van der Waals surface area contributed by atoms with Crippen molar-refractivity contribution in [3.8, 4) is 5.69 Å². The highest BCUT2D eigenvalue weighted by molar-refractivity contribution is 5.74. The van der Waals surface area contributed by atoms with Crippen molar-refractivity contribution in [1.82, 2.24) is 19.9 Å². The highest BCUT2D eigenvalue weighted by Crippen LogP contribution is 2.29. The van der Waals surface area contributed by atoms with Gasteiger partial charge in [-0.05, 0) is 43.7 Å². The number of pyridine rings is 1. The summed E-state index contributed by atoms with van der Waals surface area (Å²) in [5, 5.41) is 3.43. The summed E-state index contributed by atoms with van der Waals surface area (Å²) >= 11 is 0. The third kappa shape index (κ3) is 2.03. The zero-order chi connectivity index (χ0) is 14.2. The lowest BCUT2D eigenvalue weighted by atomic mass is 10.1. The summed E-state index contributed by atoms with van der Waals surface area (Å²) < 4.78 is 2.24. The molecule has 4 heteroatoms. The Kier molecular flexibility index (Phi) is 2.97. The van der Waals surface area contributed by atoms with E-state index in [1.54, 1.807) is 0 Å². The van der Waals surface area contributed by atoms with Crippen molar-refractivity contribution < 1.29 is 0 Å². The molecular formula is C17H18N4. The summed E-state index contributed by atoms with van der Waals surface area (Å²) in [6.07, 6.45) is 2.98. The molecule has 1 unspecified atom stereocenters. The van der Waals surface area contributed by atoms with Gasteiger partial charge >= 0.3 is 0 Å². The number of nitrogens with zero attached hydrogens (tertiary/aromatic N) is 3. The highest BCUT2D eigenvalue weighted by Gasteiger charge is 2.25. The molecular weight excluding hydrogens is 260 g/mol. The van der Waals surface area contributed by atoms with Crippen molar-refractivity contribution >= 4 is 11.2 Å². The van der Waals surface area contributed by atoms with Gasteiger partial charge in [0.1, 0.15) is 11.3 Å². The number of hydrogen-bond donors (Lipinski definition) is 1. The Morgan fingerprint density at radius 3 is 2.90 bits per heavy atom. The first-order chi connectivity index (χ1) is 10.3. The highest BCUT2D eigenvalue weighted by atomic mass is 15.1. The number of rotatable bonds is 2. The fraction of sp³-hybridized carbons (Fsp3) is 0.294. The Hall–Kier alpha value is -2.20. The molecule has 4 rings (SSSR count). The third-order valence-corrected chi connectivity index (χ3v) is 4.22. The monoisotopic (exact) mass is 278 g/mol. The van der Waals surface area contributed by atoms with Crippen LogP contribution in [0.5, 0.6) is 0 Å². The number of aromatic nitrogens is 3. The van der Waals surface area contributed by atoms with Gasteiger partial charge in [-0.2, -0.15) is 0 Å². The van der Waals surface area contributed by atoms with Gasteiger partial charge in [0.05, 0.1) is 5.69 Å². The molecule has 106 valence electrons. The van der Waals surface area contributed by atoms with Crippen LogP contribution in [0.25, 0.3) is 16.9 Å². The van der Waals surface area contributed by atoms with Gasteiger partial charge in [-0.1, -0.05) is 18.2 Å². The molecule has 21 heavy (non-hydrogen) atoms. The summed E-state index contributed by atoms with van der Waals surface area (Å²) in [7, 11) is 0. The van der Waals surface area contributed by atoms with Crippen LogP contribution < -0.4 is 5.32 Å². The Morgan fingerprint density at radius 1 is 1.19 bits per heavy atom. The fourth-order valence-corrected chi connectivity index (χ4v) is 3.13. The molecule has 0 aliphatic carbocycles. The molecule has 1 saturated heterocycles. The van der Waals surface area contributed by atoms with Crippen LogP contribution in [0.15, 0.2) is 42.6 Å². The van der Waals surface area contributed by atoms with Crippen molar-refractivity contribution in [3.63, 3.8) is 0 Å². The zero-order valence-electron chi connectivity index (χ0n) is 12.1. The fourth-order valence-electron chi connectivity index (χ4n) is 3.13. The van der Waals surface area contributed by atoms with E-state index in [2.05, 4.69) is 46.1 Å². The maximum absolute atomic E-state index is 4.87. The number of hydrogen-bond acceptors (Lipinski definition) is 3. The third-order valence-electron chi connectivity index (χ3n) is 4.22. The van der Waals surface area contributed by atoms with E-state index in [0.29, 0.717) is 5.92 Å². The quantitative estimate of drug-likeness (QED) is 0.784. The molecule has 0 saturated carbocycles. The van der Waals surface area contributed by atoms with Crippen LogP contribution in [0.2, 0.25) is 0 Å². The first kappa shape index (κ1) is 12.5. The van der Waals surface area contributed by atoms with E-state index in [4.69, 9.17) is 4.98 Å². The second-order valence-electron chi connectivity index (χ2n) is 5.63. The van der Waals surface area contributed by atoms with Gasteiger partial charge in [0.15, 0.2) is 5.65 Å². The predicted molar refractivity (Wildman–Crippen MR) is 83.8 cm³/mol. The molecule has 1 aliphatic rings. The summed E-state index contributed by atoms with van der Waals surface area (Å²) in [5.41, 5.74) is 4.35. The van der Waals surface area contributed by atoms with Crippen molar-refractivity contribution in [2.24, 2.45) is 0 Å². The molecule has 0 amide bonds. The van der Waals surface area contributed by atoms with Gasteiger partial charge in [0.25, 0.3) is 0 Å². The molecule has 3 aromatic rings. The van der Waals surface area contributed by atoms with Crippen LogP contribution in [-0.2, 0) is 0 Å². The van der Waals surface area contributed by atoms with Crippen LogP contribution in [0.1, 0.15) is 23.7 Å². The van der Waals surface area contributed by atoms with E-state index in [1.807, 2.05) is 18.3 Å². The van der Waals surface area contributed by atoms with Crippen LogP contribution >= 0.6 is 0 Å². The standard InChI is InChI=1S/C17H18N4/c1-12-5-2-3-7-15(12)21-16(13-8-10-18-11-13)20-14-6-4-9-19-17(14)21/h2-7,9,13,18H,8,10-11H2,1H3. The second-order valence-corrected chi connectivity index (χ2v) is 5.63. The topological polar surface area (TPSA) is 42.7 Å². The van der Waals surface area contributed by atoms with Crippen LogP contribution in [0.3, 0.4) is 0 Å². The molecule has 4 nitrogen and oxygen atoms in total. The molecule has 2 aromatic heterocycles. The number of para-hydroxylation sites is 1. The van der Waals surface area contributed by atoms with Gasteiger partial charge in [0.2, 0.25) is 0 Å². The van der Waals surface area contributed by atoms with E-state index < -0.39 is 0 Å². The van der Waals surface area contributed by atoms with E-state index in [1.165, 1.54) is 11.3 Å². The summed E-state index contributed by atoms with van der Waals surface area (Å²) in [4.78, 5) is 9.44. The first-order valence-electron chi connectivity index (χ1n) is 7.44. The van der Waals surface area contributed by atoms with E-state index in [0.717, 1.165) is 36.5 Å². The molecule has 0 radical (unpaired) electrons. The summed E-state index contributed by atoms with van der Waals surface area (Å²) in [6.45, 7) is 4.20. The molecule has 0 bridgehead atoms. The minimum Gasteiger partial charge on any atom is -0.316 e. The van der Waals surface area contributed by atoms with Crippen molar-refractivity contribution in [2.45, 2.75) is 19.3 Å². The van der Waals surface area contributed by atoms with Gasteiger partial charge in [0, 0.05) is 18.7 Å². The van der Waals surface area contributed by atoms with Crippen LogP contribution in [0.4, 0.5) is 0 Å². The average Bonchev–Trinajstić information content (AvgIpc) is 3.15. The van der Waals surface area contributed by atoms with Crippen LogP contribution in [0, 0.1) is 6.92 Å². The van der Waals surface area contributed by atoms with Gasteiger partial charge in [-0.3, -0.25) is 4.57 Å². The molecule has 1 aromatic carbocycles. The largest absolute Gasteiger partial charge is 0.316 e. The van der Waals surface area contributed by atoms with Crippen molar-refractivity contribution in [1.29, 1.82) is 0 Å². The lowest BCUT2D eigenvalue weighted by Gasteiger charge is -2.14. The zero-order valence-corrected chi connectivity index (χ0v) is 12.1. The minimum absolute atomic E-state index is 0.457. The Bertz CT molecular complexity index is 784. The SMILES string of the molecule is Cc1ccccc1-n1c(C2CCNC2)nc2cccnc21. The first-order valence-corrected chi connectivity index (χ1v) is 7.44. The maximum atomic E-state index is 4.87. The van der Waals surface area contributed by atoms with E-state index in [9.17, 15) is 0 Å². The van der Waals surface area contributed by atoms with Gasteiger partial charge in [-0.25, -0.2) is 9.97 Å². The van der Waals surface area contributed by atoms with Crippen molar-refractivity contribution in [3.05, 3.63) is 54.0 Å². The lowest BCUT2D eigenvalue weighted by Crippen LogP contribution is -2.12. The van der Waals surface area contributed by atoms with E-state index >= 15 is 0 Å². The molecule has 1 fully saturated rings. The Balaban J connectivity index is 2.00. The van der Waals surface area contributed by atoms with Gasteiger partial charge in [-0.15, -0.1) is 0 Å². The van der Waals surface area contributed by atoms with Gasteiger partial charge < -0.3 is 5.32 Å². The lowest BCUT2D eigenvalue weighted by molar-refractivity contribution is 0.690. The molecule has 3 heterocycles. The molecule has 1 atom stereocenters. The Morgan fingerprint density at radius 2 is 2.10 bits per heavy atom.